The molecule has 0 aliphatic carbocycles. The van der Waals surface area contributed by atoms with Crippen LogP contribution in [0.5, 0.6) is 23.0 Å². The number of rotatable bonds is 18. The van der Waals surface area contributed by atoms with Crippen molar-refractivity contribution < 1.29 is 18.3 Å². The van der Waals surface area contributed by atoms with Gasteiger partial charge < -0.3 is 18.3 Å². The average molecular weight is 981 g/mol. The van der Waals surface area contributed by atoms with Crippen molar-refractivity contribution in [2.24, 2.45) is 0 Å². The maximum Gasteiger partial charge on any atom is 0.258 e. The predicted molar refractivity (Wildman–Crippen MR) is 301 cm³/mol. The maximum absolute atomic E-state index is 14.3. The molecule has 0 amide bonds. The molecule has 370 valence electrons. The Morgan fingerprint density at radius 3 is 1.12 bits per heavy atom. The number of aromatic nitrogens is 2. The maximum atomic E-state index is 14.3. The summed E-state index contributed by atoms with van der Waals surface area (Å²) in [6.07, 6.45) is 16.3. The van der Waals surface area contributed by atoms with E-state index in [9.17, 15) is 19.2 Å². The van der Waals surface area contributed by atoms with Gasteiger partial charge in [-0.15, -0.1) is 0 Å². The van der Waals surface area contributed by atoms with Crippen LogP contribution in [0.4, 0.5) is 0 Å². The van der Waals surface area contributed by atoms with Crippen LogP contribution in [0.1, 0.15) is 102 Å². The second-order valence-electron chi connectivity index (χ2n) is 20.0. The number of para-hydroxylation sites is 2. The van der Waals surface area contributed by atoms with E-state index in [0.717, 1.165) is 36.5 Å². The summed E-state index contributed by atoms with van der Waals surface area (Å²) in [5, 5.41) is 6.10. The van der Waals surface area contributed by atoms with Crippen LogP contribution in [0.15, 0.2) is 149 Å². The highest BCUT2D eigenvalue weighted by Crippen LogP contribution is 2.53. The molecule has 0 bridgehead atoms. The first-order valence-electron chi connectivity index (χ1n) is 26.4. The molecule has 0 fully saturated rings. The van der Waals surface area contributed by atoms with Crippen molar-refractivity contribution in [1.29, 1.82) is 0 Å². The molecule has 10 nitrogen and oxygen atoms in total. The van der Waals surface area contributed by atoms with Crippen LogP contribution < -0.4 is 31.7 Å². The summed E-state index contributed by atoms with van der Waals surface area (Å²) in [5.74, 6) is 1.64. The van der Waals surface area contributed by atoms with Gasteiger partial charge in [-0.25, -0.2) is 0 Å². The molecule has 0 saturated carbocycles. The number of fused-ring (bicyclic) bond motifs is 4. The number of aryl methyl sites for hydroxylation is 2. The summed E-state index contributed by atoms with van der Waals surface area (Å²) in [6.45, 7) is 4.46. The van der Waals surface area contributed by atoms with Crippen LogP contribution in [0.3, 0.4) is 0 Å². The smallest absolute Gasteiger partial charge is 0.258 e. The molecule has 74 heavy (non-hydrogen) atoms. The van der Waals surface area contributed by atoms with Gasteiger partial charge in [-0.2, -0.15) is 0 Å². The number of aromatic amines is 2. The van der Waals surface area contributed by atoms with Crippen molar-refractivity contribution >= 4 is 97.7 Å². The zero-order valence-corrected chi connectivity index (χ0v) is 41.7. The highest BCUT2D eigenvalue weighted by molar-refractivity contribution is 6.45. The van der Waals surface area contributed by atoms with Gasteiger partial charge in [-0.3, -0.25) is 29.1 Å². The molecule has 12 aromatic rings. The van der Waals surface area contributed by atoms with Crippen LogP contribution >= 0.6 is 0 Å². The highest BCUT2D eigenvalue weighted by atomic mass is 16.5. The van der Waals surface area contributed by atoms with Gasteiger partial charge >= 0.3 is 0 Å². The Morgan fingerprint density at radius 1 is 0.351 bits per heavy atom. The molecular formula is C64H56N2O8. The van der Waals surface area contributed by atoms with Crippen molar-refractivity contribution in [3.63, 3.8) is 0 Å². The minimum atomic E-state index is -0.586. The fraction of sp³-hybridized carbons (Fsp3) is 0.250. The summed E-state index contributed by atoms with van der Waals surface area (Å²) in [4.78, 5) is 62.3. The van der Waals surface area contributed by atoms with E-state index in [1.165, 1.54) is 75.3 Å². The number of nitrogens with one attached hydrogen (secondary N) is 2. The molecule has 10 heteroatoms. The third-order valence-electron chi connectivity index (χ3n) is 15.0. The number of unbranched alkanes of at least 4 members (excludes halogenated alkanes) is 10. The number of hydrogen-bond donors (Lipinski definition) is 2. The van der Waals surface area contributed by atoms with E-state index >= 15 is 0 Å². The van der Waals surface area contributed by atoms with Crippen molar-refractivity contribution in [1.82, 2.24) is 9.97 Å². The number of hydrogen-bond acceptors (Lipinski definition) is 8. The fourth-order valence-corrected chi connectivity index (χ4v) is 11.4. The Hall–Kier alpha value is -8.24. The van der Waals surface area contributed by atoms with Gasteiger partial charge in [0.05, 0.1) is 21.5 Å². The Kier molecular flexibility index (Phi) is 12.4. The number of pyridine rings is 2. The molecule has 0 unspecified atom stereocenters. The minimum absolute atomic E-state index is 0.227. The van der Waals surface area contributed by atoms with E-state index < -0.39 is 22.2 Å². The van der Waals surface area contributed by atoms with Gasteiger partial charge in [0.2, 0.25) is 0 Å². The van der Waals surface area contributed by atoms with Gasteiger partial charge in [0.25, 0.3) is 22.2 Å². The molecule has 3 aromatic heterocycles. The average Bonchev–Trinajstić information content (AvgIpc) is 3.45. The van der Waals surface area contributed by atoms with E-state index in [1.54, 1.807) is 24.3 Å². The third kappa shape index (κ3) is 8.32. The quantitative estimate of drug-likeness (QED) is 0.0491. The SMILES string of the molecule is CCCCCCCCc1ccc(Oc2cc3c(=O)[nH]c(=O)c4cc5oc6ccccc6c6ccccc6oc6cc7c(=O)[nH]c(=O)c8cc(Oc9ccc(CCCCCCCC)cc9)c9c2c(c34)c5c6c9c87)cc1. The molecule has 2 N–H and O–H groups in total. The molecule has 0 atom stereocenters. The Balaban J connectivity index is 1.19. The van der Waals surface area contributed by atoms with E-state index in [4.69, 9.17) is 18.3 Å². The lowest BCUT2D eigenvalue weighted by molar-refractivity contribution is 0.485. The number of benzene rings is 9. The van der Waals surface area contributed by atoms with Gasteiger partial charge in [0.1, 0.15) is 45.3 Å². The van der Waals surface area contributed by atoms with Crippen LogP contribution in [0.25, 0.3) is 97.7 Å². The lowest BCUT2D eigenvalue weighted by atomic mass is 9.84. The van der Waals surface area contributed by atoms with Crippen LogP contribution in [0.2, 0.25) is 0 Å². The number of ether oxygens (including phenoxy) is 2. The molecule has 3 heterocycles. The van der Waals surface area contributed by atoms with Crippen LogP contribution in [-0.4, -0.2) is 9.97 Å². The summed E-state index contributed by atoms with van der Waals surface area (Å²) in [5.41, 5.74) is 1.60. The van der Waals surface area contributed by atoms with Crippen molar-refractivity contribution in [2.75, 3.05) is 0 Å². The van der Waals surface area contributed by atoms with Crippen LogP contribution in [0, 0.1) is 0 Å². The molecule has 0 aliphatic heterocycles. The lowest BCUT2D eigenvalue weighted by Crippen LogP contribution is -2.20. The summed E-state index contributed by atoms with van der Waals surface area (Å²) in [6, 6.07) is 38.0. The van der Waals surface area contributed by atoms with Crippen molar-refractivity contribution in [2.45, 2.75) is 104 Å². The Labute approximate surface area is 424 Å². The van der Waals surface area contributed by atoms with Gasteiger partial charge in [-0.05, 0) is 97.5 Å². The second kappa shape index (κ2) is 19.6. The zero-order chi connectivity index (χ0) is 50.5. The fourth-order valence-electron chi connectivity index (χ4n) is 11.4. The first kappa shape index (κ1) is 46.8. The first-order chi connectivity index (χ1) is 36.3. The first-order valence-corrected chi connectivity index (χ1v) is 26.4. The highest BCUT2D eigenvalue weighted by Gasteiger charge is 2.30. The number of H-pyrrole nitrogens is 2. The molecule has 9 aromatic carbocycles. The molecule has 0 radical (unpaired) electrons. The van der Waals surface area contributed by atoms with Gasteiger partial charge in [-0.1, -0.05) is 139 Å². The lowest BCUT2D eigenvalue weighted by Gasteiger charge is -2.22. The molecule has 0 spiro atoms. The Bertz CT molecular complexity index is 4090. The third-order valence-corrected chi connectivity index (χ3v) is 15.0. The topological polar surface area (TPSA) is 145 Å². The van der Waals surface area contributed by atoms with E-state index in [-0.39, 0.29) is 21.5 Å². The normalized spacial score (nSPS) is 12.1. The summed E-state index contributed by atoms with van der Waals surface area (Å²) in [7, 11) is 0. The molecule has 12 rings (SSSR count). The van der Waals surface area contributed by atoms with Gasteiger partial charge in [0.15, 0.2) is 0 Å². The van der Waals surface area contributed by atoms with Crippen LogP contribution in [-0.2, 0) is 12.8 Å². The Morgan fingerprint density at radius 2 is 0.716 bits per heavy atom. The molecule has 0 saturated heterocycles. The monoisotopic (exact) mass is 980 g/mol. The van der Waals surface area contributed by atoms with E-state index in [1.807, 2.05) is 72.8 Å². The second-order valence-corrected chi connectivity index (χ2v) is 20.0. The summed E-state index contributed by atoms with van der Waals surface area (Å²) >= 11 is 0. The largest absolute Gasteiger partial charge is 0.457 e. The van der Waals surface area contributed by atoms with Crippen molar-refractivity contribution in [3.05, 3.63) is 174 Å². The van der Waals surface area contributed by atoms with E-state index in [0.29, 0.717) is 88.4 Å². The molecule has 0 aliphatic rings. The summed E-state index contributed by atoms with van der Waals surface area (Å²) < 4.78 is 28.3. The zero-order valence-electron chi connectivity index (χ0n) is 41.7. The standard InChI is InChI=1S/C64H56N2O8/c1-3-5-7-9-11-13-19-37-25-29-39(30-26-37)71-49-33-43-53-45(63(69)65-61(43)67)35-51-57-58-52(74-48-24-18-16-22-42(48)41-21-15-17-23-47(41)73-51)36-46-54-44(62(68)66-64(46)70)34-50(56(60(54)58)55(49)59(53)57)72-40-31-27-38(28-32-40)20-14-12-10-8-6-4-2/h15-18,21-36H,3-14,19-20H2,1-2H3,(H,65,67,69)(H,66,68,70). The predicted octanol–water partition coefficient (Wildman–Crippen LogP) is 16.2. The van der Waals surface area contributed by atoms with Gasteiger partial charge in [0, 0.05) is 53.9 Å². The molecular weight excluding hydrogens is 925 g/mol. The van der Waals surface area contributed by atoms with E-state index in [2.05, 4.69) is 48.1 Å². The minimum Gasteiger partial charge on any atom is -0.457 e. The van der Waals surface area contributed by atoms with Crippen molar-refractivity contribution in [3.8, 4) is 23.0 Å².